The van der Waals surface area contributed by atoms with Crippen LogP contribution in [0, 0.1) is 18.2 Å². The third-order valence-electron chi connectivity index (χ3n) is 2.74. The Hall–Kier alpha value is -1.09. The highest BCUT2D eigenvalue weighted by atomic mass is 35.5. The number of amides is 1. The van der Waals surface area contributed by atoms with Crippen LogP contribution in [0.2, 0.25) is 0 Å². The first-order valence-corrected chi connectivity index (χ1v) is 6.81. The largest absolute Gasteiger partial charge is 0.351 e. The molecule has 0 aliphatic rings. The Morgan fingerprint density at radius 3 is 2.58 bits per heavy atom. The van der Waals surface area contributed by atoms with Crippen molar-refractivity contribution in [3.05, 3.63) is 35.1 Å². The molecule has 1 aromatic carbocycles. The molecule has 2 nitrogen and oxygen atoms in total. The van der Waals surface area contributed by atoms with E-state index in [0.717, 1.165) is 6.42 Å². The van der Waals surface area contributed by atoms with E-state index < -0.39 is 0 Å². The van der Waals surface area contributed by atoms with Crippen LogP contribution in [0.15, 0.2) is 18.2 Å². The van der Waals surface area contributed by atoms with Crippen LogP contribution in [0.5, 0.6) is 0 Å². The fraction of sp³-hybridized carbons (Fsp3) is 0.533. The molecule has 106 valence electrons. The second-order valence-electron chi connectivity index (χ2n) is 6.04. The topological polar surface area (TPSA) is 29.1 Å². The van der Waals surface area contributed by atoms with Gasteiger partial charge >= 0.3 is 0 Å². The van der Waals surface area contributed by atoms with Gasteiger partial charge in [0.15, 0.2) is 0 Å². The number of aryl methyl sites for hydroxylation is 1. The summed E-state index contributed by atoms with van der Waals surface area (Å²) in [6, 6.07) is 4.32. The average Bonchev–Trinajstić information content (AvgIpc) is 2.27. The molecule has 1 unspecified atom stereocenters. The molecule has 19 heavy (non-hydrogen) atoms. The normalized spacial score (nSPS) is 13.2. The molecule has 0 saturated heterocycles. The summed E-state index contributed by atoms with van der Waals surface area (Å²) in [7, 11) is 0. The first kappa shape index (κ1) is 16.0. The Labute approximate surface area is 119 Å². The zero-order chi connectivity index (χ0) is 14.6. The molecular formula is C15H21ClFNO. The summed E-state index contributed by atoms with van der Waals surface area (Å²) < 4.78 is 13.1. The number of carbonyl (C=O) groups excluding carboxylic acids is 1. The van der Waals surface area contributed by atoms with Gasteiger partial charge in [-0.05, 0) is 42.5 Å². The van der Waals surface area contributed by atoms with E-state index in [-0.39, 0.29) is 22.5 Å². The van der Waals surface area contributed by atoms with Crippen LogP contribution in [0.25, 0.3) is 0 Å². The lowest BCUT2D eigenvalue weighted by molar-refractivity contribution is 0.0952. The van der Waals surface area contributed by atoms with Crippen LogP contribution < -0.4 is 5.32 Å². The van der Waals surface area contributed by atoms with Crippen molar-refractivity contribution in [2.45, 2.75) is 39.5 Å². The van der Waals surface area contributed by atoms with Crippen LogP contribution in [0.1, 0.15) is 43.1 Å². The van der Waals surface area contributed by atoms with E-state index in [1.54, 1.807) is 6.92 Å². The number of rotatable bonds is 4. The van der Waals surface area contributed by atoms with Crippen molar-refractivity contribution >= 4 is 17.5 Å². The summed E-state index contributed by atoms with van der Waals surface area (Å²) in [5.41, 5.74) is 1.05. The maximum atomic E-state index is 13.1. The second-order valence-corrected chi connectivity index (χ2v) is 6.65. The molecule has 1 aromatic rings. The Bertz CT molecular complexity index is 454. The number of halogens is 2. The molecule has 0 spiro atoms. The van der Waals surface area contributed by atoms with Gasteiger partial charge in [-0.25, -0.2) is 4.39 Å². The van der Waals surface area contributed by atoms with Gasteiger partial charge in [-0.2, -0.15) is 0 Å². The number of nitrogens with one attached hydrogen (secondary N) is 1. The maximum absolute atomic E-state index is 13.1. The SMILES string of the molecule is Cc1cc(C(=O)NCC(Cl)CC(C)(C)C)ccc1F. The first-order valence-electron chi connectivity index (χ1n) is 6.37. The number of hydrogen-bond acceptors (Lipinski definition) is 1. The van der Waals surface area contributed by atoms with E-state index in [4.69, 9.17) is 11.6 Å². The van der Waals surface area contributed by atoms with Crippen molar-refractivity contribution in [1.82, 2.24) is 5.32 Å². The second kappa shape index (κ2) is 6.38. The predicted octanol–water partition coefficient (Wildman–Crippen LogP) is 3.91. The van der Waals surface area contributed by atoms with Gasteiger partial charge in [0.05, 0.1) is 5.38 Å². The van der Waals surface area contributed by atoms with Crippen LogP contribution in [-0.2, 0) is 0 Å². The van der Waals surface area contributed by atoms with Crippen molar-refractivity contribution in [3.63, 3.8) is 0 Å². The van der Waals surface area contributed by atoms with Crippen molar-refractivity contribution in [2.24, 2.45) is 5.41 Å². The molecule has 1 atom stereocenters. The molecule has 1 N–H and O–H groups in total. The van der Waals surface area contributed by atoms with E-state index >= 15 is 0 Å². The van der Waals surface area contributed by atoms with E-state index in [1.807, 2.05) is 0 Å². The van der Waals surface area contributed by atoms with Gasteiger partial charge in [0, 0.05) is 12.1 Å². The summed E-state index contributed by atoms with van der Waals surface area (Å²) in [6.07, 6.45) is 0.817. The third kappa shape index (κ3) is 5.60. The standard InChI is InChI=1S/C15H21ClFNO/c1-10-7-11(5-6-13(10)17)14(19)18-9-12(16)8-15(2,3)4/h5-7,12H,8-9H2,1-4H3,(H,18,19). The van der Waals surface area contributed by atoms with E-state index in [9.17, 15) is 9.18 Å². The Balaban J connectivity index is 2.53. The Morgan fingerprint density at radius 1 is 1.42 bits per heavy atom. The minimum Gasteiger partial charge on any atom is -0.351 e. The summed E-state index contributed by atoms with van der Waals surface area (Å²) in [4.78, 5) is 11.9. The van der Waals surface area contributed by atoms with Gasteiger partial charge in [-0.1, -0.05) is 20.8 Å². The van der Waals surface area contributed by atoms with Crippen molar-refractivity contribution in [3.8, 4) is 0 Å². The fourth-order valence-corrected chi connectivity index (χ4v) is 2.37. The van der Waals surface area contributed by atoms with E-state index in [2.05, 4.69) is 26.1 Å². The quantitative estimate of drug-likeness (QED) is 0.835. The lowest BCUT2D eigenvalue weighted by Crippen LogP contribution is -2.31. The maximum Gasteiger partial charge on any atom is 0.251 e. The highest BCUT2D eigenvalue weighted by Crippen LogP contribution is 2.23. The molecule has 0 bridgehead atoms. The monoisotopic (exact) mass is 285 g/mol. The number of benzene rings is 1. The Morgan fingerprint density at radius 2 is 2.05 bits per heavy atom. The molecule has 0 aliphatic heterocycles. The summed E-state index contributed by atoms with van der Waals surface area (Å²) >= 11 is 6.18. The van der Waals surface area contributed by atoms with Gasteiger partial charge in [0.1, 0.15) is 5.82 Å². The number of alkyl halides is 1. The molecular weight excluding hydrogens is 265 g/mol. The molecule has 0 heterocycles. The van der Waals surface area contributed by atoms with Gasteiger partial charge in [0.25, 0.3) is 5.91 Å². The highest BCUT2D eigenvalue weighted by molar-refractivity contribution is 6.21. The fourth-order valence-electron chi connectivity index (χ4n) is 1.83. The van der Waals surface area contributed by atoms with Gasteiger partial charge in [-0.3, -0.25) is 4.79 Å². The predicted molar refractivity (Wildman–Crippen MR) is 77.2 cm³/mol. The summed E-state index contributed by atoms with van der Waals surface area (Å²) in [5.74, 6) is -0.526. The lowest BCUT2D eigenvalue weighted by atomic mass is 9.90. The molecule has 0 radical (unpaired) electrons. The summed E-state index contributed by atoms with van der Waals surface area (Å²) in [6.45, 7) is 8.36. The van der Waals surface area contributed by atoms with Crippen molar-refractivity contribution in [2.75, 3.05) is 6.54 Å². The first-order chi connectivity index (χ1) is 8.69. The van der Waals surface area contributed by atoms with Crippen LogP contribution in [0.3, 0.4) is 0 Å². The molecule has 0 saturated carbocycles. The third-order valence-corrected chi connectivity index (χ3v) is 3.05. The molecule has 1 amide bonds. The minimum atomic E-state index is -0.306. The Kier molecular flexibility index (Phi) is 5.36. The van der Waals surface area contributed by atoms with Gasteiger partial charge < -0.3 is 5.32 Å². The lowest BCUT2D eigenvalue weighted by Gasteiger charge is -2.22. The molecule has 4 heteroatoms. The summed E-state index contributed by atoms with van der Waals surface area (Å²) in [5, 5.41) is 2.67. The van der Waals surface area contributed by atoms with Crippen molar-refractivity contribution < 1.29 is 9.18 Å². The number of carbonyl (C=O) groups is 1. The zero-order valence-electron chi connectivity index (χ0n) is 11.9. The van der Waals surface area contributed by atoms with Crippen LogP contribution >= 0.6 is 11.6 Å². The van der Waals surface area contributed by atoms with Gasteiger partial charge in [0.2, 0.25) is 0 Å². The molecule has 0 fully saturated rings. The van der Waals surface area contributed by atoms with E-state index in [1.165, 1.54) is 18.2 Å². The van der Waals surface area contributed by atoms with Crippen LogP contribution in [0.4, 0.5) is 4.39 Å². The number of hydrogen-bond donors (Lipinski definition) is 1. The molecule has 0 aliphatic carbocycles. The van der Waals surface area contributed by atoms with Gasteiger partial charge in [-0.15, -0.1) is 11.6 Å². The molecule has 1 rings (SSSR count). The zero-order valence-corrected chi connectivity index (χ0v) is 12.6. The minimum absolute atomic E-state index is 0.106. The smallest absolute Gasteiger partial charge is 0.251 e. The average molecular weight is 286 g/mol. The van der Waals surface area contributed by atoms with Crippen LogP contribution in [-0.4, -0.2) is 17.8 Å². The molecule has 0 aromatic heterocycles. The van der Waals surface area contributed by atoms with E-state index in [0.29, 0.717) is 17.7 Å². The highest BCUT2D eigenvalue weighted by Gasteiger charge is 2.17. The van der Waals surface area contributed by atoms with Crippen molar-refractivity contribution in [1.29, 1.82) is 0 Å².